The van der Waals surface area contributed by atoms with Crippen LogP contribution >= 0.6 is 0 Å². The number of hydrogen-bond donors (Lipinski definition) is 2. The molecule has 0 radical (unpaired) electrons. The van der Waals surface area contributed by atoms with Gasteiger partial charge in [-0.3, -0.25) is 4.79 Å². The largest absolute Gasteiger partial charge is 0.446 e. The first kappa shape index (κ1) is 18.1. The molecular formula is C21H25N3O2. The minimum absolute atomic E-state index is 0.156. The van der Waals surface area contributed by atoms with Crippen LogP contribution in [0.1, 0.15) is 61.2 Å². The van der Waals surface area contributed by atoms with Crippen LogP contribution in [0, 0.1) is 5.92 Å². The zero-order chi connectivity index (χ0) is 18.7. The van der Waals surface area contributed by atoms with Crippen molar-refractivity contribution in [2.45, 2.75) is 39.3 Å². The Balaban J connectivity index is 1.76. The van der Waals surface area contributed by atoms with Crippen molar-refractivity contribution in [3.05, 3.63) is 65.9 Å². The van der Waals surface area contributed by atoms with Gasteiger partial charge >= 0.3 is 0 Å². The molecule has 0 bridgehead atoms. The van der Waals surface area contributed by atoms with E-state index in [1.54, 1.807) is 0 Å². The molecule has 0 saturated heterocycles. The number of benzene rings is 2. The van der Waals surface area contributed by atoms with Gasteiger partial charge in [-0.25, -0.2) is 4.98 Å². The average molecular weight is 351 g/mol. The summed E-state index contributed by atoms with van der Waals surface area (Å²) in [6.07, 6.45) is 2.30. The number of hydrogen-bond acceptors (Lipinski definition) is 4. The summed E-state index contributed by atoms with van der Waals surface area (Å²) in [7, 11) is 0. The maximum absolute atomic E-state index is 12.6. The molecular weight excluding hydrogens is 326 g/mol. The van der Waals surface area contributed by atoms with Gasteiger partial charge in [0.15, 0.2) is 5.69 Å². The van der Waals surface area contributed by atoms with Crippen molar-refractivity contribution in [3.8, 4) is 0 Å². The second-order valence-corrected chi connectivity index (χ2v) is 6.75. The van der Waals surface area contributed by atoms with Crippen molar-refractivity contribution in [3.63, 3.8) is 0 Å². The molecule has 26 heavy (non-hydrogen) atoms. The van der Waals surface area contributed by atoms with Gasteiger partial charge in [0.2, 0.25) is 5.89 Å². The van der Waals surface area contributed by atoms with Crippen LogP contribution in [-0.2, 0) is 0 Å². The highest BCUT2D eigenvalue weighted by Gasteiger charge is 2.22. The first-order valence-corrected chi connectivity index (χ1v) is 9.00. The quantitative estimate of drug-likeness (QED) is 0.691. The minimum atomic E-state index is -0.308. The molecule has 0 fully saturated rings. The second kappa shape index (κ2) is 7.70. The van der Waals surface area contributed by atoms with Gasteiger partial charge in [0.1, 0.15) is 6.26 Å². The predicted molar refractivity (Wildman–Crippen MR) is 103 cm³/mol. The summed E-state index contributed by atoms with van der Waals surface area (Å²) in [5.74, 6) is 0.373. The summed E-state index contributed by atoms with van der Waals surface area (Å²) in [5, 5.41) is 5.27. The van der Waals surface area contributed by atoms with E-state index in [-0.39, 0.29) is 29.6 Å². The fraction of sp³-hybridized carbons (Fsp3) is 0.333. The monoisotopic (exact) mass is 351 g/mol. The Hall–Kier alpha value is -2.66. The first-order valence-electron chi connectivity index (χ1n) is 9.00. The van der Waals surface area contributed by atoms with Crippen molar-refractivity contribution < 1.29 is 9.21 Å². The van der Waals surface area contributed by atoms with Crippen molar-refractivity contribution in [1.82, 2.24) is 10.3 Å². The highest BCUT2D eigenvalue weighted by atomic mass is 16.3. The summed E-state index contributed by atoms with van der Waals surface area (Å²) >= 11 is 0. The van der Waals surface area contributed by atoms with Gasteiger partial charge in [0.25, 0.3) is 5.91 Å². The summed E-state index contributed by atoms with van der Waals surface area (Å²) in [6, 6.07) is 13.8. The van der Waals surface area contributed by atoms with E-state index in [9.17, 15) is 4.79 Å². The number of rotatable bonds is 6. The summed E-state index contributed by atoms with van der Waals surface area (Å²) in [4.78, 5) is 16.8. The van der Waals surface area contributed by atoms with Crippen molar-refractivity contribution in [2.75, 3.05) is 0 Å². The van der Waals surface area contributed by atoms with Gasteiger partial charge in [-0.05, 0) is 29.2 Å². The summed E-state index contributed by atoms with van der Waals surface area (Å²) in [5.41, 5.74) is 7.45. The van der Waals surface area contributed by atoms with Crippen LogP contribution in [-0.4, -0.2) is 10.9 Å². The molecule has 0 spiro atoms. The minimum Gasteiger partial charge on any atom is -0.446 e. The third kappa shape index (κ3) is 3.63. The fourth-order valence-electron chi connectivity index (χ4n) is 3.02. The third-order valence-corrected chi connectivity index (χ3v) is 4.93. The van der Waals surface area contributed by atoms with E-state index in [0.29, 0.717) is 5.89 Å². The normalized spacial score (nSPS) is 14.8. The Bertz CT molecular complexity index is 898. The van der Waals surface area contributed by atoms with E-state index >= 15 is 0 Å². The molecule has 0 aliphatic heterocycles. The average Bonchev–Trinajstić information content (AvgIpc) is 3.16. The molecule has 5 nitrogen and oxygen atoms in total. The van der Waals surface area contributed by atoms with Gasteiger partial charge in [0, 0.05) is 0 Å². The standard InChI is InChI=1S/C21H25N3O2/c1-4-13(2)19(22)21-24-18(12-26-21)20(25)23-14(3)16-11-7-9-15-8-5-6-10-17(15)16/h5-14,19H,4,22H2,1-3H3,(H,23,25). The number of nitrogens with one attached hydrogen (secondary N) is 1. The maximum Gasteiger partial charge on any atom is 0.273 e. The lowest BCUT2D eigenvalue weighted by molar-refractivity contribution is 0.0935. The van der Waals surface area contributed by atoms with Gasteiger partial charge in [-0.2, -0.15) is 0 Å². The topological polar surface area (TPSA) is 81.1 Å². The maximum atomic E-state index is 12.6. The van der Waals surface area contributed by atoms with Crippen molar-refractivity contribution in [1.29, 1.82) is 0 Å². The molecule has 136 valence electrons. The van der Waals surface area contributed by atoms with Gasteiger partial charge in [0.05, 0.1) is 12.1 Å². The third-order valence-electron chi connectivity index (χ3n) is 4.93. The van der Waals surface area contributed by atoms with E-state index < -0.39 is 0 Å². The fourth-order valence-corrected chi connectivity index (χ4v) is 3.02. The van der Waals surface area contributed by atoms with E-state index in [1.165, 1.54) is 6.26 Å². The number of carbonyl (C=O) groups is 1. The van der Waals surface area contributed by atoms with Crippen molar-refractivity contribution in [2.24, 2.45) is 11.7 Å². The number of aromatic nitrogens is 1. The zero-order valence-corrected chi connectivity index (χ0v) is 15.4. The Morgan fingerprint density at radius 2 is 1.92 bits per heavy atom. The number of amides is 1. The molecule has 3 atom stereocenters. The lowest BCUT2D eigenvalue weighted by atomic mass is 9.99. The highest BCUT2D eigenvalue weighted by Crippen LogP contribution is 2.25. The molecule has 1 heterocycles. The molecule has 1 amide bonds. The van der Waals surface area contributed by atoms with Crippen LogP contribution in [0.15, 0.2) is 53.1 Å². The lowest BCUT2D eigenvalue weighted by Gasteiger charge is -2.16. The Labute approximate surface area is 153 Å². The number of fused-ring (bicyclic) bond motifs is 1. The van der Waals surface area contributed by atoms with Crippen LogP contribution in [0.2, 0.25) is 0 Å². The second-order valence-electron chi connectivity index (χ2n) is 6.75. The van der Waals surface area contributed by atoms with E-state index in [0.717, 1.165) is 22.8 Å². The Kier molecular flexibility index (Phi) is 5.38. The van der Waals surface area contributed by atoms with Gasteiger partial charge < -0.3 is 15.5 Å². The molecule has 3 unspecified atom stereocenters. The number of nitrogens with zero attached hydrogens (tertiary/aromatic N) is 1. The smallest absolute Gasteiger partial charge is 0.273 e. The van der Waals surface area contributed by atoms with E-state index in [1.807, 2.05) is 38.1 Å². The van der Waals surface area contributed by atoms with Crippen molar-refractivity contribution >= 4 is 16.7 Å². The Morgan fingerprint density at radius 3 is 2.69 bits per heavy atom. The van der Waals surface area contributed by atoms with Gasteiger partial charge in [-0.1, -0.05) is 62.7 Å². The van der Waals surface area contributed by atoms with Crippen LogP contribution < -0.4 is 11.1 Å². The van der Waals surface area contributed by atoms with Crippen LogP contribution in [0.25, 0.3) is 10.8 Å². The Morgan fingerprint density at radius 1 is 1.19 bits per heavy atom. The first-order chi connectivity index (χ1) is 12.5. The summed E-state index contributed by atoms with van der Waals surface area (Å²) < 4.78 is 5.43. The lowest BCUT2D eigenvalue weighted by Crippen LogP contribution is -2.27. The molecule has 3 rings (SSSR count). The molecule has 0 aliphatic rings. The predicted octanol–water partition coefficient (Wildman–Crippen LogP) is 4.36. The summed E-state index contributed by atoms with van der Waals surface area (Å²) in [6.45, 7) is 6.07. The van der Waals surface area contributed by atoms with Crippen LogP contribution in [0.4, 0.5) is 0 Å². The zero-order valence-electron chi connectivity index (χ0n) is 15.4. The van der Waals surface area contributed by atoms with Crippen LogP contribution in [0.3, 0.4) is 0 Å². The molecule has 5 heteroatoms. The molecule has 0 saturated carbocycles. The molecule has 3 aromatic rings. The van der Waals surface area contributed by atoms with E-state index in [2.05, 4.69) is 35.4 Å². The number of oxazole rings is 1. The molecule has 0 aliphatic carbocycles. The molecule has 1 aromatic heterocycles. The van der Waals surface area contributed by atoms with E-state index in [4.69, 9.17) is 10.2 Å². The SMILES string of the molecule is CCC(C)C(N)c1nc(C(=O)NC(C)c2cccc3ccccc23)co1. The van der Waals surface area contributed by atoms with Crippen LogP contribution in [0.5, 0.6) is 0 Å². The molecule has 2 aromatic carbocycles. The number of nitrogens with two attached hydrogens (primary N) is 1. The van der Waals surface area contributed by atoms with Gasteiger partial charge in [-0.15, -0.1) is 0 Å². The molecule has 3 N–H and O–H groups in total. The highest BCUT2D eigenvalue weighted by molar-refractivity contribution is 5.93. The number of carbonyl (C=O) groups excluding carboxylic acids is 1.